The number of alkyl halides is 1. The third-order valence-electron chi connectivity index (χ3n) is 3.10. The summed E-state index contributed by atoms with van der Waals surface area (Å²) in [6.07, 6.45) is 1.06. The summed E-state index contributed by atoms with van der Waals surface area (Å²) < 4.78 is 20.3. The molecule has 0 radical (unpaired) electrons. The van der Waals surface area contributed by atoms with Crippen LogP contribution in [0.2, 0.25) is 0 Å². The fraction of sp³-hybridized carbons (Fsp3) is 0.636. The first-order valence-corrected chi connectivity index (χ1v) is 8.96. The van der Waals surface area contributed by atoms with Gasteiger partial charge in [-0.1, -0.05) is 11.9 Å². The van der Waals surface area contributed by atoms with Crippen molar-refractivity contribution in [2.75, 3.05) is 19.0 Å². The topological polar surface area (TPSA) is 134 Å². The Kier molecular flexibility index (Phi) is 7.30. The molecule has 10 nitrogen and oxygen atoms in total. The van der Waals surface area contributed by atoms with Gasteiger partial charge in [0.05, 0.1) is 7.05 Å². The molecule has 0 bridgehead atoms. The van der Waals surface area contributed by atoms with Crippen LogP contribution >= 0.6 is 19.3 Å². The van der Waals surface area contributed by atoms with Crippen LogP contribution in [0.25, 0.3) is 0 Å². The molecule has 1 heterocycles. The summed E-state index contributed by atoms with van der Waals surface area (Å²) in [4.78, 5) is 24.7. The standard InChI is InChI=1S/C11H19ClN5O5P/c1-3-5-16(6-4-12)23(13,21)22-8-10-9(7-18)14-11(15(10)2)17(19)20/h7H,3-6,8H2,1-2H3,(H2,13,21). The minimum atomic E-state index is -3.64. The van der Waals surface area contributed by atoms with E-state index in [4.69, 9.17) is 21.6 Å². The molecule has 1 aromatic rings. The highest BCUT2D eigenvalue weighted by Crippen LogP contribution is 2.43. The van der Waals surface area contributed by atoms with Crippen molar-refractivity contribution in [2.45, 2.75) is 20.0 Å². The van der Waals surface area contributed by atoms with E-state index in [1.54, 1.807) is 0 Å². The number of aromatic nitrogens is 2. The summed E-state index contributed by atoms with van der Waals surface area (Å²) >= 11 is 5.66. The van der Waals surface area contributed by atoms with Crippen LogP contribution in [0.15, 0.2) is 0 Å². The van der Waals surface area contributed by atoms with Gasteiger partial charge in [-0.2, -0.15) is 0 Å². The number of halogens is 1. The number of rotatable bonds is 10. The molecule has 0 aromatic carbocycles. The van der Waals surface area contributed by atoms with Gasteiger partial charge in [0.1, 0.15) is 6.61 Å². The van der Waals surface area contributed by atoms with Gasteiger partial charge in [-0.25, -0.2) is 14.7 Å². The van der Waals surface area contributed by atoms with Gasteiger partial charge in [0.2, 0.25) is 5.69 Å². The molecule has 0 fully saturated rings. The van der Waals surface area contributed by atoms with Gasteiger partial charge in [0.25, 0.3) is 0 Å². The number of nitro groups is 1. The Morgan fingerprint density at radius 1 is 1.57 bits per heavy atom. The quantitative estimate of drug-likeness (QED) is 0.217. The number of hydrogen-bond donors (Lipinski definition) is 1. The average Bonchev–Trinajstić information content (AvgIpc) is 2.81. The minimum absolute atomic E-state index is 0.125. The maximum absolute atomic E-state index is 12.5. The van der Waals surface area contributed by atoms with Gasteiger partial charge in [0.15, 0.2) is 12.0 Å². The summed E-state index contributed by atoms with van der Waals surface area (Å²) in [7, 11) is -2.28. The third-order valence-corrected chi connectivity index (χ3v) is 4.96. The zero-order valence-corrected chi connectivity index (χ0v) is 14.5. The Balaban J connectivity index is 2.98. The van der Waals surface area contributed by atoms with E-state index < -0.39 is 18.5 Å². The molecule has 0 spiro atoms. The molecular weight excluding hydrogens is 349 g/mol. The fourth-order valence-corrected chi connectivity index (χ4v) is 3.60. The van der Waals surface area contributed by atoms with E-state index in [-0.39, 0.29) is 30.4 Å². The first-order valence-electron chi connectivity index (χ1n) is 6.78. The van der Waals surface area contributed by atoms with E-state index in [0.29, 0.717) is 19.3 Å². The van der Waals surface area contributed by atoms with Gasteiger partial charge < -0.3 is 10.1 Å². The number of carbonyl (C=O) groups is 1. The van der Waals surface area contributed by atoms with Crippen molar-refractivity contribution >= 4 is 31.5 Å². The fourth-order valence-electron chi connectivity index (χ4n) is 1.95. The molecule has 0 aliphatic heterocycles. The molecule has 0 aliphatic carbocycles. The second kappa shape index (κ2) is 8.51. The second-order valence-electron chi connectivity index (χ2n) is 4.66. The van der Waals surface area contributed by atoms with E-state index in [9.17, 15) is 19.5 Å². The molecule has 1 aromatic heterocycles. The highest BCUT2D eigenvalue weighted by Gasteiger charge is 2.30. The minimum Gasteiger partial charge on any atom is -0.390 e. The third kappa shape index (κ3) is 4.82. The smallest absolute Gasteiger partial charge is 0.390 e. The molecule has 1 rings (SSSR count). The molecule has 23 heavy (non-hydrogen) atoms. The molecule has 130 valence electrons. The lowest BCUT2D eigenvalue weighted by atomic mass is 10.3. The number of carbonyl (C=O) groups excluding carboxylic acids is 1. The van der Waals surface area contributed by atoms with Crippen molar-refractivity contribution in [3.05, 3.63) is 21.5 Å². The van der Waals surface area contributed by atoms with E-state index in [0.717, 1.165) is 4.57 Å². The lowest BCUT2D eigenvalue weighted by Gasteiger charge is -2.26. The van der Waals surface area contributed by atoms with E-state index in [1.807, 2.05) is 6.92 Å². The molecule has 0 saturated heterocycles. The zero-order valence-electron chi connectivity index (χ0n) is 12.8. The Labute approximate surface area is 138 Å². The Hall–Kier alpha value is -1.32. The van der Waals surface area contributed by atoms with Crippen LogP contribution in [0.3, 0.4) is 0 Å². The number of hydrogen-bond acceptors (Lipinski definition) is 6. The van der Waals surface area contributed by atoms with Crippen molar-refractivity contribution in [2.24, 2.45) is 12.6 Å². The van der Waals surface area contributed by atoms with E-state index >= 15 is 0 Å². The van der Waals surface area contributed by atoms with Crippen LogP contribution in [-0.2, 0) is 22.7 Å². The van der Waals surface area contributed by atoms with E-state index in [2.05, 4.69) is 4.98 Å². The number of nitrogens with zero attached hydrogens (tertiary/aromatic N) is 4. The maximum atomic E-state index is 12.5. The summed E-state index contributed by atoms with van der Waals surface area (Å²) in [6, 6.07) is 0. The summed E-state index contributed by atoms with van der Waals surface area (Å²) in [5.41, 5.74) is 5.71. The van der Waals surface area contributed by atoms with Crippen LogP contribution < -0.4 is 5.50 Å². The van der Waals surface area contributed by atoms with Crippen molar-refractivity contribution in [1.82, 2.24) is 14.2 Å². The largest absolute Gasteiger partial charge is 0.435 e. The summed E-state index contributed by atoms with van der Waals surface area (Å²) in [5, 5.41) is 10.8. The Morgan fingerprint density at radius 2 is 2.22 bits per heavy atom. The zero-order chi connectivity index (χ0) is 17.6. The summed E-state index contributed by atoms with van der Waals surface area (Å²) in [5.74, 6) is -0.287. The molecular formula is C11H19ClN5O5P. The van der Waals surface area contributed by atoms with Crippen LogP contribution in [0.5, 0.6) is 0 Å². The lowest BCUT2D eigenvalue weighted by molar-refractivity contribution is -0.396. The molecule has 1 unspecified atom stereocenters. The number of aldehydes is 1. The van der Waals surface area contributed by atoms with Crippen LogP contribution in [0.4, 0.5) is 5.95 Å². The molecule has 1 atom stereocenters. The van der Waals surface area contributed by atoms with Crippen LogP contribution in [0.1, 0.15) is 29.5 Å². The van der Waals surface area contributed by atoms with Crippen LogP contribution in [0, 0.1) is 10.1 Å². The predicted molar refractivity (Wildman–Crippen MR) is 84.4 cm³/mol. The number of imidazole rings is 1. The molecule has 0 saturated carbocycles. The van der Waals surface area contributed by atoms with Gasteiger partial charge >= 0.3 is 13.6 Å². The average molecular weight is 368 g/mol. The SMILES string of the molecule is CCCN(CCCl)P(N)(=O)OCc1c(C=O)nc([N+](=O)[O-])n1C. The van der Waals surface area contributed by atoms with E-state index in [1.165, 1.54) is 11.7 Å². The molecule has 0 aliphatic rings. The van der Waals surface area contributed by atoms with Crippen LogP contribution in [-0.4, -0.2) is 44.4 Å². The lowest BCUT2D eigenvalue weighted by Crippen LogP contribution is -2.28. The second-order valence-corrected chi connectivity index (χ2v) is 6.99. The van der Waals surface area contributed by atoms with Gasteiger partial charge in [-0.3, -0.25) is 13.9 Å². The predicted octanol–water partition coefficient (Wildman–Crippen LogP) is 1.68. The first kappa shape index (κ1) is 19.7. The van der Waals surface area contributed by atoms with Gasteiger partial charge in [0, 0.05) is 19.0 Å². The summed E-state index contributed by atoms with van der Waals surface area (Å²) in [6.45, 7) is 2.24. The van der Waals surface area contributed by atoms with Crippen molar-refractivity contribution in [1.29, 1.82) is 0 Å². The number of nitrogens with two attached hydrogens (primary N) is 1. The molecule has 2 N–H and O–H groups in total. The van der Waals surface area contributed by atoms with Gasteiger partial charge in [-0.15, -0.1) is 11.6 Å². The highest BCUT2D eigenvalue weighted by molar-refractivity contribution is 7.53. The van der Waals surface area contributed by atoms with Gasteiger partial charge in [-0.05, 0) is 11.3 Å². The Bertz CT molecular complexity index is 616. The maximum Gasteiger partial charge on any atom is 0.435 e. The van der Waals surface area contributed by atoms with Crippen molar-refractivity contribution < 1.29 is 18.8 Å². The van der Waals surface area contributed by atoms with Crippen molar-refractivity contribution in [3.8, 4) is 0 Å². The molecule has 12 heteroatoms. The monoisotopic (exact) mass is 367 g/mol. The first-order chi connectivity index (χ1) is 10.8. The molecule has 0 amide bonds. The highest BCUT2D eigenvalue weighted by atomic mass is 35.5. The van der Waals surface area contributed by atoms with Crippen molar-refractivity contribution in [3.63, 3.8) is 0 Å². The Morgan fingerprint density at radius 3 is 2.70 bits per heavy atom. The normalized spacial score (nSPS) is 14.0.